The van der Waals surface area contributed by atoms with Gasteiger partial charge in [0.2, 0.25) is 0 Å². The van der Waals surface area contributed by atoms with E-state index in [2.05, 4.69) is 198 Å². The van der Waals surface area contributed by atoms with Crippen LogP contribution in [0.4, 0.5) is 17.1 Å². The van der Waals surface area contributed by atoms with Crippen molar-refractivity contribution >= 4 is 38.9 Å². The highest BCUT2D eigenvalue weighted by atomic mass is 15.2. The number of pyridine rings is 1. The van der Waals surface area contributed by atoms with Gasteiger partial charge in [-0.1, -0.05) is 140 Å². The summed E-state index contributed by atoms with van der Waals surface area (Å²) in [6, 6.07) is 67.4. The van der Waals surface area contributed by atoms with Crippen molar-refractivity contribution in [1.82, 2.24) is 9.55 Å². The second-order valence-corrected chi connectivity index (χ2v) is 12.8. The van der Waals surface area contributed by atoms with E-state index < -0.39 is 0 Å². The van der Waals surface area contributed by atoms with Gasteiger partial charge in [-0.05, 0) is 59.7 Å². The van der Waals surface area contributed by atoms with Crippen LogP contribution in [0.5, 0.6) is 0 Å². The van der Waals surface area contributed by atoms with E-state index in [4.69, 9.17) is 4.98 Å². The smallest absolute Gasteiger partial charge is 0.0730 e. The standard InChI is InChI=1S/C47H31N3/c1-4-16-32(17-5-1)42-28-35(29-43(48-42)33-18-6-2-7-19-33)50-45-27-15-13-25-39(45)41-31-46-40(30-47(41)50)37-23-11-10-22-36(37)38-24-12-14-26-44(38)49(46)34-20-8-3-9-21-34/h1-31H. The second-order valence-electron chi connectivity index (χ2n) is 12.8. The molecule has 3 heteroatoms. The Labute approximate surface area is 291 Å². The van der Waals surface area contributed by atoms with Crippen molar-refractivity contribution in [3.8, 4) is 50.5 Å². The molecular weight excluding hydrogens is 607 g/mol. The van der Waals surface area contributed by atoms with Crippen LogP contribution in [0.25, 0.3) is 72.3 Å². The molecule has 0 spiro atoms. The van der Waals surface area contributed by atoms with Crippen LogP contribution in [0.1, 0.15) is 0 Å². The summed E-state index contributed by atoms with van der Waals surface area (Å²) in [5.41, 5.74) is 15.8. The van der Waals surface area contributed by atoms with Gasteiger partial charge in [-0.25, -0.2) is 4.98 Å². The Kier molecular flexibility index (Phi) is 6.49. The van der Waals surface area contributed by atoms with Crippen LogP contribution >= 0.6 is 0 Å². The maximum atomic E-state index is 5.20. The van der Waals surface area contributed by atoms with E-state index in [1.54, 1.807) is 0 Å². The summed E-state index contributed by atoms with van der Waals surface area (Å²) in [6.07, 6.45) is 0. The third-order valence-electron chi connectivity index (χ3n) is 9.91. The highest BCUT2D eigenvalue weighted by molar-refractivity contribution is 6.14. The van der Waals surface area contributed by atoms with Crippen molar-refractivity contribution in [1.29, 1.82) is 0 Å². The monoisotopic (exact) mass is 637 g/mol. The van der Waals surface area contributed by atoms with E-state index in [1.807, 2.05) is 0 Å². The third-order valence-corrected chi connectivity index (χ3v) is 9.91. The molecule has 0 atom stereocenters. The van der Waals surface area contributed by atoms with Crippen molar-refractivity contribution in [3.05, 3.63) is 188 Å². The van der Waals surface area contributed by atoms with Gasteiger partial charge >= 0.3 is 0 Å². The fourth-order valence-corrected chi connectivity index (χ4v) is 7.68. The number of hydrogen-bond donors (Lipinski definition) is 0. The minimum absolute atomic E-state index is 0.943. The number of aromatic nitrogens is 2. The molecule has 7 aromatic carbocycles. The van der Waals surface area contributed by atoms with E-state index in [0.717, 1.165) is 50.6 Å². The fraction of sp³-hybridized carbons (Fsp3) is 0. The lowest BCUT2D eigenvalue weighted by atomic mass is 9.94. The maximum absolute atomic E-state index is 5.20. The first kappa shape index (κ1) is 28.3. The van der Waals surface area contributed by atoms with Gasteiger partial charge in [-0.3, -0.25) is 0 Å². The van der Waals surface area contributed by atoms with Crippen LogP contribution in [0, 0.1) is 0 Å². The molecule has 9 aromatic rings. The van der Waals surface area contributed by atoms with Crippen LogP contribution in [0.15, 0.2) is 188 Å². The molecule has 0 aliphatic carbocycles. The van der Waals surface area contributed by atoms with Gasteiger partial charge < -0.3 is 9.47 Å². The molecule has 1 aliphatic rings. The first-order chi connectivity index (χ1) is 24.8. The van der Waals surface area contributed by atoms with Crippen molar-refractivity contribution in [2.24, 2.45) is 0 Å². The molecule has 0 N–H and O–H groups in total. The Balaban J connectivity index is 1.32. The summed E-state index contributed by atoms with van der Waals surface area (Å²) in [7, 11) is 0. The molecule has 1 aliphatic heterocycles. The predicted octanol–water partition coefficient (Wildman–Crippen LogP) is 12.6. The highest BCUT2D eigenvalue weighted by Crippen LogP contribution is 2.52. The van der Waals surface area contributed by atoms with E-state index in [0.29, 0.717) is 0 Å². The average Bonchev–Trinajstić information content (AvgIpc) is 3.46. The Bertz CT molecular complexity index is 2640. The van der Waals surface area contributed by atoms with Crippen molar-refractivity contribution in [2.75, 3.05) is 4.90 Å². The van der Waals surface area contributed by atoms with Gasteiger partial charge in [-0.2, -0.15) is 0 Å². The van der Waals surface area contributed by atoms with Crippen LogP contribution in [-0.4, -0.2) is 9.55 Å². The van der Waals surface area contributed by atoms with E-state index in [1.165, 1.54) is 38.7 Å². The molecule has 0 fully saturated rings. The Morgan fingerprint density at radius 1 is 0.340 bits per heavy atom. The first-order valence-electron chi connectivity index (χ1n) is 17.1. The average molecular weight is 638 g/mol. The number of para-hydroxylation sites is 3. The Morgan fingerprint density at radius 2 is 0.880 bits per heavy atom. The SMILES string of the molecule is c1ccc(-c2cc(-n3c4ccccc4c4cc5c(cc43)-c3ccccc3-c3ccccc3N5c3ccccc3)cc(-c3ccccc3)n2)cc1. The molecule has 50 heavy (non-hydrogen) atoms. The normalized spacial score (nSPS) is 12.0. The summed E-state index contributed by atoms with van der Waals surface area (Å²) in [4.78, 5) is 7.64. The van der Waals surface area contributed by atoms with E-state index >= 15 is 0 Å². The number of anilines is 3. The summed E-state index contributed by atoms with van der Waals surface area (Å²) in [5, 5.41) is 2.42. The largest absolute Gasteiger partial charge is 0.309 e. The van der Waals surface area contributed by atoms with Crippen molar-refractivity contribution in [3.63, 3.8) is 0 Å². The van der Waals surface area contributed by atoms with Crippen LogP contribution in [0.2, 0.25) is 0 Å². The first-order valence-corrected chi connectivity index (χ1v) is 17.1. The maximum Gasteiger partial charge on any atom is 0.0730 e. The molecule has 0 bridgehead atoms. The Hall–Kier alpha value is -6.71. The zero-order chi connectivity index (χ0) is 33.0. The van der Waals surface area contributed by atoms with Gasteiger partial charge in [0.1, 0.15) is 0 Å². The lowest BCUT2D eigenvalue weighted by molar-refractivity contribution is 1.16. The van der Waals surface area contributed by atoms with Gasteiger partial charge in [0, 0.05) is 38.7 Å². The zero-order valence-electron chi connectivity index (χ0n) is 27.2. The molecular formula is C47H31N3. The molecule has 0 saturated carbocycles. The molecule has 234 valence electrons. The number of rotatable bonds is 4. The summed E-state index contributed by atoms with van der Waals surface area (Å²) in [6.45, 7) is 0. The van der Waals surface area contributed by atoms with Gasteiger partial charge in [0.05, 0.1) is 39.5 Å². The topological polar surface area (TPSA) is 21.1 Å². The minimum atomic E-state index is 0.943. The quantitative estimate of drug-likeness (QED) is 0.191. The fourth-order valence-electron chi connectivity index (χ4n) is 7.68. The van der Waals surface area contributed by atoms with Crippen LogP contribution < -0.4 is 4.90 Å². The lowest BCUT2D eigenvalue weighted by Gasteiger charge is -2.27. The molecule has 3 heterocycles. The molecule has 2 aromatic heterocycles. The number of benzene rings is 7. The van der Waals surface area contributed by atoms with Gasteiger partial charge in [0.15, 0.2) is 0 Å². The second kappa shape index (κ2) is 11.5. The lowest BCUT2D eigenvalue weighted by Crippen LogP contribution is -2.10. The number of fused-ring (bicyclic) bond motifs is 8. The molecule has 0 saturated heterocycles. The van der Waals surface area contributed by atoms with Crippen molar-refractivity contribution < 1.29 is 0 Å². The third kappa shape index (κ3) is 4.48. The number of hydrogen-bond acceptors (Lipinski definition) is 2. The minimum Gasteiger partial charge on any atom is -0.309 e. The molecule has 0 amide bonds. The summed E-state index contributed by atoms with van der Waals surface area (Å²) >= 11 is 0. The highest BCUT2D eigenvalue weighted by Gasteiger charge is 2.28. The zero-order valence-corrected chi connectivity index (χ0v) is 27.2. The van der Waals surface area contributed by atoms with E-state index in [-0.39, 0.29) is 0 Å². The summed E-state index contributed by atoms with van der Waals surface area (Å²) < 4.78 is 2.43. The Morgan fingerprint density at radius 3 is 1.56 bits per heavy atom. The van der Waals surface area contributed by atoms with Crippen molar-refractivity contribution in [2.45, 2.75) is 0 Å². The molecule has 10 rings (SSSR count). The predicted molar refractivity (Wildman–Crippen MR) is 209 cm³/mol. The van der Waals surface area contributed by atoms with Crippen LogP contribution in [-0.2, 0) is 0 Å². The van der Waals surface area contributed by atoms with Gasteiger partial charge in [0.25, 0.3) is 0 Å². The van der Waals surface area contributed by atoms with Gasteiger partial charge in [-0.15, -0.1) is 0 Å². The molecule has 0 unspecified atom stereocenters. The summed E-state index contributed by atoms with van der Waals surface area (Å²) in [5.74, 6) is 0. The molecule has 3 nitrogen and oxygen atoms in total. The van der Waals surface area contributed by atoms with Crippen LogP contribution in [0.3, 0.4) is 0 Å². The van der Waals surface area contributed by atoms with E-state index in [9.17, 15) is 0 Å². The molecule has 0 radical (unpaired) electrons. The number of nitrogens with zero attached hydrogens (tertiary/aromatic N) is 3.